The molecule has 1 heterocycles. The van der Waals surface area contributed by atoms with Crippen molar-refractivity contribution < 1.29 is 14.8 Å². The summed E-state index contributed by atoms with van der Waals surface area (Å²) in [6.45, 7) is 1.93. The highest BCUT2D eigenvalue weighted by Crippen LogP contribution is 2.19. The molecule has 0 bridgehead atoms. The van der Waals surface area contributed by atoms with Crippen LogP contribution in [-0.2, 0) is 0 Å². The van der Waals surface area contributed by atoms with Gasteiger partial charge in [0.05, 0.1) is 6.20 Å². The molecular weight excluding hydrogens is 229 g/mol. The van der Waals surface area contributed by atoms with Crippen LogP contribution in [0.5, 0.6) is 5.75 Å². The van der Waals surface area contributed by atoms with E-state index in [1.807, 2.05) is 37.3 Å². The van der Waals surface area contributed by atoms with Gasteiger partial charge in [0.25, 0.3) is 0 Å². The lowest BCUT2D eigenvalue weighted by Crippen LogP contribution is -2.30. The van der Waals surface area contributed by atoms with Gasteiger partial charge in [0.1, 0.15) is 11.9 Å². The molecule has 4 nitrogen and oxygen atoms in total. The van der Waals surface area contributed by atoms with Gasteiger partial charge in [-0.15, -0.1) is 0 Å². The molecule has 0 unspecified atom stereocenters. The lowest BCUT2D eigenvalue weighted by Gasteiger charge is -2.15. The number of pyridine rings is 1. The van der Waals surface area contributed by atoms with Crippen molar-refractivity contribution in [1.29, 1.82) is 0 Å². The second kappa shape index (κ2) is 5.66. The number of aromatic nitrogens is 1. The normalized spacial score (nSPS) is 11.9. The zero-order valence-electron chi connectivity index (χ0n) is 10.0. The van der Waals surface area contributed by atoms with E-state index in [1.165, 1.54) is 6.20 Å². The van der Waals surface area contributed by atoms with E-state index >= 15 is 0 Å². The molecule has 0 radical (unpaired) electrons. The van der Waals surface area contributed by atoms with Crippen LogP contribution in [0.15, 0.2) is 48.8 Å². The predicted octanol–water partition coefficient (Wildman–Crippen LogP) is 0.901. The summed E-state index contributed by atoms with van der Waals surface area (Å²) in [5, 5.41) is 18.1. The number of hydrogen-bond donors (Lipinski definition) is 2. The topological polar surface area (TPSA) is 62.6 Å². The van der Waals surface area contributed by atoms with Crippen LogP contribution in [0, 0.1) is 0 Å². The van der Waals surface area contributed by atoms with Crippen LogP contribution in [0.1, 0.15) is 18.6 Å². The fourth-order valence-electron chi connectivity index (χ4n) is 1.64. The monoisotopic (exact) mass is 243 g/mol. The van der Waals surface area contributed by atoms with E-state index in [0.717, 1.165) is 5.56 Å². The fraction of sp³-hybridized carbons (Fsp3) is 0.154. The minimum Gasteiger partial charge on any atom is -0.484 e. The Hall–Kier alpha value is -1.85. The van der Waals surface area contributed by atoms with Crippen LogP contribution in [0.3, 0.4) is 0 Å². The zero-order chi connectivity index (χ0) is 13.0. The maximum Gasteiger partial charge on any atom is 0.490 e. The molecule has 0 amide bonds. The predicted molar refractivity (Wildman–Crippen MR) is 69.5 cm³/mol. The van der Waals surface area contributed by atoms with Crippen molar-refractivity contribution in [3.63, 3.8) is 0 Å². The maximum absolute atomic E-state index is 9.06. The molecule has 92 valence electrons. The SMILES string of the molecule is C[C@H](Oc1cncc(B(O)O)c1)c1ccccc1. The number of hydrogen-bond acceptors (Lipinski definition) is 4. The molecule has 0 saturated carbocycles. The third-order valence-electron chi connectivity index (χ3n) is 2.61. The number of benzene rings is 1. The van der Waals surface area contributed by atoms with Gasteiger partial charge in [0, 0.05) is 11.7 Å². The Balaban J connectivity index is 2.12. The lowest BCUT2D eigenvalue weighted by molar-refractivity contribution is 0.226. The highest BCUT2D eigenvalue weighted by atomic mass is 16.5. The molecule has 0 saturated heterocycles. The second-order valence-corrected chi connectivity index (χ2v) is 4.00. The van der Waals surface area contributed by atoms with E-state index in [1.54, 1.807) is 12.3 Å². The van der Waals surface area contributed by atoms with Crippen molar-refractivity contribution in [2.45, 2.75) is 13.0 Å². The molecule has 0 spiro atoms. The summed E-state index contributed by atoms with van der Waals surface area (Å²) < 4.78 is 5.71. The molecule has 5 heteroatoms. The molecule has 0 aliphatic carbocycles. The molecule has 0 aliphatic heterocycles. The van der Waals surface area contributed by atoms with Gasteiger partial charge in [0.15, 0.2) is 0 Å². The van der Waals surface area contributed by atoms with Crippen molar-refractivity contribution in [2.75, 3.05) is 0 Å². The van der Waals surface area contributed by atoms with Crippen molar-refractivity contribution in [1.82, 2.24) is 4.98 Å². The van der Waals surface area contributed by atoms with Crippen LogP contribution in [0.4, 0.5) is 0 Å². The highest BCUT2D eigenvalue weighted by molar-refractivity contribution is 6.58. The van der Waals surface area contributed by atoms with Gasteiger partial charge >= 0.3 is 7.12 Å². The van der Waals surface area contributed by atoms with Crippen molar-refractivity contribution in [2.24, 2.45) is 0 Å². The molecule has 2 rings (SSSR count). The van der Waals surface area contributed by atoms with E-state index in [4.69, 9.17) is 14.8 Å². The van der Waals surface area contributed by atoms with Crippen LogP contribution in [-0.4, -0.2) is 22.2 Å². The Morgan fingerprint density at radius 3 is 2.56 bits per heavy atom. The average Bonchev–Trinajstić information content (AvgIpc) is 2.40. The first-order valence-corrected chi connectivity index (χ1v) is 5.69. The number of rotatable bonds is 4. The summed E-state index contributed by atoms with van der Waals surface area (Å²) in [5.41, 5.74) is 1.36. The molecule has 2 N–H and O–H groups in total. The first-order chi connectivity index (χ1) is 8.66. The Labute approximate surface area is 106 Å². The first kappa shape index (κ1) is 12.6. The highest BCUT2D eigenvalue weighted by Gasteiger charge is 2.13. The summed E-state index contributed by atoms with van der Waals surface area (Å²) in [6, 6.07) is 11.4. The third-order valence-corrected chi connectivity index (χ3v) is 2.61. The minimum absolute atomic E-state index is 0.126. The summed E-state index contributed by atoms with van der Waals surface area (Å²) in [7, 11) is -1.53. The quantitative estimate of drug-likeness (QED) is 0.783. The summed E-state index contributed by atoms with van der Waals surface area (Å²) in [5.74, 6) is 0.511. The first-order valence-electron chi connectivity index (χ1n) is 5.69. The average molecular weight is 243 g/mol. The van der Waals surface area contributed by atoms with E-state index < -0.39 is 7.12 Å². The van der Waals surface area contributed by atoms with Gasteiger partial charge in [-0.05, 0) is 18.6 Å². The van der Waals surface area contributed by atoms with Crippen LogP contribution in [0.2, 0.25) is 0 Å². The van der Waals surface area contributed by atoms with Crippen LogP contribution in [0.25, 0.3) is 0 Å². The zero-order valence-corrected chi connectivity index (χ0v) is 10.0. The van der Waals surface area contributed by atoms with Gasteiger partial charge in [-0.2, -0.15) is 0 Å². The smallest absolute Gasteiger partial charge is 0.484 e. The molecule has 0 fully saturated rings. The van der Waals surface area contributed by atoms with E-state index in [2.05, 4.69) is 4.98 Å². The fourth-order valence-corrected chi connectivity index (χ4v) is 1.64. The van der Waals surface area contributed by atoms with Gasteiger partial charge in [-0.3, -0.25) is 4.98 Å². The van der Waals surface area contributed by atoms with Gasteiger partial charge in [-0.25, -0.2) is 0 Å². The summed E-state index contributed by atoms with van der Waals surface area (Å²) in [6.07, 6.45) is 2.81. The van der Waals surface area contributed by atoms with E-state index in [0.29, 0.717) is 11.2 Å². The second-order valence-electron chi connectivity index (χ2n) is 4.00. The van der Waals surface area contributed by atoms with Crippen LogP contribution >= 0.6 is 0 Å². The van der Waals surface area contributed by atoms with Crippen molar-refractivity contribution in [3.8, 4) is 5.75 Å². The maximum atomic E-state index is 9.06. The summed E-state index contributed by atoms with van der Waals surface area (Å²) >= 11 is 0. The third kappa shape index (κ3) is 3.09. The number of ether oxygens (including phenoxy) is 1. The van der Waals surface area contributed by atoms with Crippen molar-refractivity contribution in [3.05, 3.63) is 54.4 Å². The standard InChI is InChI=1S/C13H14BNO3/c1-10(11-5-3-2-4-6-11)18-13-7-12(14(16)17)8-15-9-13/h2-10,16-17H,1H3/t10-/m0/s1. The van der Waals surface area contributed by atoms with Crippen molar-refractivity contribution >= 4 is 12.6 Å². The Kier molecular flexibility index (Phi) is 3.97. The minimum atomic E-state index is -1.53. The lowest BCUT2D eigenvalue weighted by atomic mass is 9.82. The van der Waals surface area contributed by atoms with Gasteiger partial charge < -0.3 is 14.8 Å². The molecule has 18 heavy (non-hydrogen) atoms. The molecule has 1 aromatic heterocycles. The molecule has 2 aromatic rings. The van der Waals surface area contributed by atoms with Crippen LogP contribution < -0.4 is 10.2 Å². The van der Waals surface area contributed by atoms with E-state index in [-0.39, 0.29) is 6.10 Å². The summed E-state index contributed by atoms with van der Waals surface area (Å²) in [4.78, 5) is 3.91. The number of nitrogens with zero attached hydrogens (tertiary/aromatic N) is 1. The Bertz CT molecular complexity index is 505. The molecular formula is C13H14BNO3. The van der Waals surface area contributed by atoms with Gasteiger partial charge in [-0.1, -0.05) is 30.3 Å². The molecule has 1 aromatic carbocycles. The largest absolute Gasteiger partial charge is 0.490 e. The Morgan fingerprint density at radius 1 is 1.17 bits per heavy atom. The molecule has 0 aliphatic rings. The molecule has 1 atom stereocenters. The Morgan fingerprint density at radius 2 is 1.89 bits per heavy atom. The van der Waals surface area contributed by atoms with E-state index in [9.17, 15) is 0 Å². The van der Waals surface area contributed by atoms with Gasteiger partial charge in [0.2, 0.25) is 0 Å².